The average molecular weight is 361 g/mol. The summed E-state index contributed by atoms with van der Waals surface area (Å²) in [5, 5.41) is 0.572. The minimum atomic E-state index is -2.43. The maximum Gasteiger partial charge on any atom is 0.249 e. The van der Waals surface area contributed by atoms with Gasteiger partial charge in [0, 0.05) is 16.1 Å². The van der Waals surface area contributed by atoms with E-state index in [2.05, 4.69) is 4.99 Å². The Kier molecular flexibility index (Phi) is 4.62. The maximum atomic E-state index is 12.6. The molecule has 0 saturated carbocycles. The van der Waals surface area contributed by atoms with Crippen LogP contribution in [0.3, 0.4) is 0 Å². The molecule has 0 radical (unpaired) electrons. The van der Waals surface area contributed by atoms with Crippen LogP contribution in [0.5, 0.6) is 0 Å². The van der Waals surface area contributed by atoms with Crippen LogP contribution in [0, 0.1) is 0 Å². The van der Waals surface area contributed by atoms with Crippen LogP contribution in [-0.4, -0.2) is 37.8 Å². The van der Waals surface area contributed by atoms with Gasteiger partial charge in [0.25, 0.3) is 0 Å². The second-order valence-corrected chi connectivity index (χ2v) is 10.1. The summed E-state index contributed by atoms with van der Waals surface area (Å²) in [5.74, 6) is -0.159. The quantitative estimate of drug-likeness (QED) is 0.773. The van der Waals surface area contributed by atoms with Gasteiger partial charge in [0.2, 0.25) is 5.91 Å². The Morgan fingerprint density at radius 1 is 1.17 bits per heavy atom. The van der Waals surface area contributed by atoms with Crippen molar-refractivity contribution in [3.8, 4) is 0 Å². The maximum absolute atomic E-state index is 12.6. The number of amides is 1. The fraction of sp³-hybridized carbons (Fsp3) is 0.222. The molecule has 2 aromatic carbocycles. The number of nitrogens with zero attached hydrogens (tertiary/aromatic N) is 2. The van der Waals surface area contributed by atoms with Gasteiger partial charge >= 0.3 is 0 Å². The van der Waals surface area contributed by atoms with Gasteiger partial charge in [0.1, 0.15) is 13.7 Å². The predicted molar refractivity (Wildman–Crippen MR) is 100 cm³/mol. The molecule has 1 aliphatic rings. The van der Waals surface area contributed by atoms with Crippen LogP contribution in [-0.2, 0) is 9.36 Å². The molecule has 0 aromatic heterocycles. The fourth-order valence-corrected chi connectivity index (χ4v) is 3.89. The Bertz CT molecular complexity index is 859. The van der Waals surface area contributed by atoms with Crippen molar-refractivity contribution in [2.75, 3.05) is 31.1 Å². The van der Waals surface area contributed by atoms with E-state index in [1.165, 1.54) is 0 Å². The van der Waals surface area contributed by atoms with E-state index in [1.54, 1.807) is 30.4 Å². The number of carbonyl (C=O) groups excluding carboxylic acids is 1. The van der Waals surface area contributed by atoms with Crippen LogP contribution in [0.1, 0.15) is 11.1 Å². The van der Waals surface area contributed by atoms with E-state index in [1.807, 2.05) is 36.4 Å². The lowest BCUT2D eigenvalue weighted by molar-refractivity contribution is -0.117. The molecule has 0 aliphatic carbocycles. The highest BCUT2D eigenvalue weighted by molar-refractivity contribution is 7.62. The van der Waals surface area contributed by atoms with Gasteiger partial charge in [-0.1, -0.05) is 41.9 Å². The molecule has 24 heavy (non-hydrogen) atoms. The number of benzene rings is 2. The summed E-state index contributed by atoms with van der Waals surface area (Å²) in [6, 6.07) is 15.0. The molecule has 0 bridgehead atoms. The van der Waals surface area contributed by atoms with Crippen molar-refractivity contribution in [3.05, 3.63) is 64.7 Å². The molecule has 0 spiro atoms. The number of carbonyl (C=O) groups is 1. The largest absolute Gasteiger partial charge is 0.322 e. The van der Waals surface area contributed by atoms with Gasteiger partial charge in [0.05, 0.1) is 17.7 Å². The Morgan fingerprint density at radius 3 is 2.54 bits per heavy atom. The van der Waals surface area contributed by atoms with E-state index in [9.17, 15) is 9.36 Å². The molecular formula is C18H18ClN2O2P. The summed E-state index contributed by atoms with van der Waals surface area (Å²) in [7, 11) is -2.43. The second kappa shape index (κ2) is 6.54. The lowest BCUT2D eigenvalue weighted by atomic mass is 10.0. The number of fused-ring (bicyclic) bond motifs is 1. The zero-order valence-electron chi connectivity index (χ0n) is 13.6. The number of hydrogen-bond acceptors (Lipinski definition) is 3. The third kappa shape index (κ3) is 3.61. The van der Waals surface area contributed by atoms with Crippen molar-refractivity contribution in [2.45, 2.75) is 0 Å². The SMILES string of the molecule is CP(C)(=O)CN1C(=O)CN=C(c2ccccc2)c2cc(Cl)ccc21. The molecular weight excluding hydrogens is 343 g/mol. The summed E-state index contributed by atoms with van der Waals surface area (Å²) >= 11 is 6.19. The van der Waals surface area contributed by atoms with Gasteiger partial charge in [-0.25, -0.2) is 0 Å². The first-order valence-corrected chi connectivity index (χ1v) is 10.8. The highest BCUT2D eigenvalue weighted by Gasteiger charge is 2.28. The highest BCUT2D eigenvalue weighted by Crippen LogP contribution is 2.40. The first kappa shape index (κ1) is 16.9. The molecule has 0 N–H and O–H groups in total. The van der Waals surface area contributed by atoms with Crippen LogP contribution in [0.25, 0.3) is 0 Å². The van der Waals surface area contributed by atoms with E-state index in [0.29, 0.717) is 10.7 Å². The van der Waals surface area contributed by atoms with Crippen molar-refractivity contribution >= 4 is 36.0 Å². The van der Waals surface area contributed by atoms with E-state index in [-0.39, 0.29) is 18.7 Å². The fourth-order valence-electron chi connectivity index (χ4n) is 2.72. The molecule has 1 aliphatic heterocycles. The van der Waals surface area contributed by atoms with E-state index in [0.717, 1.165) is 16.8 Å². The van der Waals surface area contributed by atoms with Crippen LogP contribution in [0.4, 0.5) is 5.69 Å². The molecule has 2 aromatic rings. The third-order valence-electron chi connectivity index (χ3n) is 3.71. The Labute approximate surface area is 146 Å². The lowest BCUT2D eigenvalue weighted by Gasteiger charge is -2.25. The molecule has 0 atom stereocenters. The molecule has 124 valence electrons. The third-order valence-corrected chi connectivity index (χ3v) is 4.91. The van der Waals surface area contributed by atoms with Crippen molar-refractivity contribution < 1.29 is 9.36 Å². The first-order valence-electron chi connectivity index (χ1n) is 7.59. The summed E-state index contributed by atoms with van der Waals surface area (Å²) in [4.78, 5) is 18.7. The number of halogens is 1. The molecule has 0 fully saturated rings. The van der Waals surface area contributed by atoms with Crippen LogP contribution < -0.4 is 4.90 Å². The zero-order valence-corrected chi connectivity index (χ0v) is 15.2. The molecule has 4 nitrogen and oxygen atoms in total. The van der Waals surface area contributed by atoms with Gasteiger partial charge in [-0.15, -0.1) is 0 Å². The zero-order chi connectivity index (χ0) is 17.3. The van der Waals surface area contributed by atoms with Gasteiger partial charge in [-0.05, 0) is 31.5 Å². The molecule has 1 heterocycles. The van der Waals surface area contributed by atoms with Crippen molar-refractivity contribution in [2.24, 2.45) is 4.99 Å². The van der Waals surface area contributed by atoms with Crippen molar-refractivity contribution in [3.63, 3.8) is 0 Å². The molecule has 6 heteroatoms. The Balaban J connectivity index is 2.18. The number of anilines is 1. The van der Waals surface area contributed by atoms with Crippen molar-refractivity contribution in [1.29, 1.82) is 0 Å². The smallest absolute Gasteiger partial charge is 0.249 e. The van der Waals surface area contributed by atoms with Crippen LogP contribution in [0.15, 0.2) is 53.5 Å². The standard InChI is InChI=1S/C18H18ClN2O2P/c1-24(2,23)12-21-16-9-8-14(19)10-15(16)18(20-11-17(21)22)13-6-4-3-5-7-13/h3-10H,11-12H2,1-2H3. The second-order valence-electron chi connectivity index (χ2n) is 6.23. The van der Waals surface area contributed by atoms with Crippen LogP contribution >= 0.6 is 18.7 Å². The normalized spacial score (nSPS) is 14.9. The summed E-state index contributed by atoms with van der Waals surface area (Å²) in [6.45, 7) is 3.38. The molecule has 1 amide bonds. The Morgan fingerprint density at radius 2 is 1.88 bits per heavy atom. The van der Waals surface area contributed by atoms with E-state index in [4.69, 9.17) is 11.6 Å². The summed E-state index contributed by atoms with van der Waals surface area (Å²) in [5.41, 5.74) is 3.14. The predicted octanol–water partition coefficient (Wildman–Crippen LogP) is 4.10. The number of hydrogen-bond donors (Lipinski definition) is 0. The molecule has 0 saturated heterocycles. The van der Waals surface area contributed by atoms with Gasteiger partial charge in [-0.2, -0.15) is 0 Å². The number of rotatable bonds is 3. The average Bonchev–Trinajstić information content (AvgIpc) is 2.65. The van der Waals surface area contributed by atoms with Crippen LogP contribution in [0.2, 0.25) is 5.02 Å². The number of benzodiazepines with no additional fused rings is 1. The topological polar surface area (TPSA) is 49.7 Å². The monoisotopic (exact) mass is 360 g/mol. The lowest BCUT2D eigenvalue weighted by Crippen LogP contribution is -2.33. The van der Waals surface area contributed by atoms with E-state index < -0.39 is 7.14 Å². The van der Waals surface area contributed by atoms with Gasteiger partial charge < -0.3 is 9.46 Å². The molecule has 0 unspecified atom stereocenters. The van der Waals surface area contributed by atoms with E-state index >= 15 is 0 Å². The van der Waals surface area contributed by atoms with Gasteiger partial charge in [-0.3, -0.25) is 9.79 Å². The Hall–Kier alpha value is -1.90. The first-order chi connectivity index (χ1) is 11.3. The minimum absolute atomic E-state index is 0.0243. The molecule has 3 rings (SSSR count). The summed E-state index contributed by atoms with van der Waals surface area (Å²) in [6.07, 6.45) is 0.193. The summed E-state index contributed by atoms with van der Waals surface area (Å²) < 4.78 is 12.3. The highest BCUT2D eigenvalue weighted by atomic mass is 35.5. The minimum Gasteiger partial charge on any atom is -0.322 e. The van der Waals surface area contributed by atoms with Gasteiger partial charge in [0.15, 0.2) is 0 Å². The number of aliphatic imine (C=N–C) groups is 1. The van der Waals surface area contributed by atoms with Crippen molar-refractivity contribution in [1.82, 2.24) is 0 Å².